The molecule has 1 aliphatic heterocycles. The fraction of sp³-hybridized carbons (Fsp3) is 0.400. The van der Waals surface area contributed by atoms with Crippen molar-refractivity contribution in [3.63, 3.8) is 0 Å². The van der Waals surface area contributed by atoms with Crippen molar-refractivity contribution in [2.45, 2.75) is 23.8 Å². The van der Waals surface area contributed by atoms with E-state index in [1.807, 2.05) is 6.07 Å². The molecule has 0 bridgehead atoms. The van der Waals surface area contributed by atoms with E-state index in [1.54, 1.807) is 12.3 Å². The molecule has 2 heterocycles. The molecule has 1 fully saturated rings. The van der Waals surface area contributed by atoms with E-state index < -0.39 is 0 Å². The van der Waals surface area contributed by atoms with Gasteiger partial charge in [-0.3, -0.25) is 9.69 Å². The zero-order chi connectivity index (χ0) is 18.4. The Morgan fingerprint density at radius 1 is 1.23 bits per heavy atom. The Hall–Kier alpha value is -1.89. The van der Waals surface area contributed by atoms with Crippen LogP contribution < -0.4 is 5.32 Å². The minimum absolute atomic E-state index is 0.0716. The number of hydrogen-bond donors (Lipinski definition) is 1. The molecule has 1 N–H and O–H groups in total. The molecule has 0 saturated carbocycles. The highest BCUT2D eigenvalue weighted by Crippen LogP contribution is 2.29. The van der Waals surface area contributed by atoms with Gasteiger partial charge in [-0.05, 0) is 49.2 Å². The quantitative estimate of drug-likeness (QED) is 0.846. The van der Waals surface area contributed by atoms with Crippen molar-refractivity contribution in [1.29, 1.82) is 0 Å². The number of ether oxygens (including phenoxy) is 1. The fourth-order valence-electron chi connectivity index (χ4n) is 2.78. The third kappa shape index (κ3) is 5.06. The summed E-state index contributed by atoms with van der Waals surface area (Å²) in [5, 5.41) is 3.75. The van der Waals surface area contributed by atoms with E-state index in [0.717, 1.165) is 42.8 Å². The van der Waals surface area contributed by atoms with Gasteiger partial charge in [-0.15, -0.1) is 0 Å². The zero-order valence-electron chi connectivity index (χ0n) is 15.3. The first-order valence-corrected chi connectivity index (χ1v) is 9.73. The largest absolute Gasteiger partial charge is 0.379 e. The monoisotopic (exact) mass is 371 g/mol. The lowest BCUT2D eigenvalue weighted by Crippen LogP contribution is -2.41. The Balaban J connectivity index is 1.62. The molecule has 0 aliphatic carbocycles. The van der Waals surface area contributed by atoms with Gasteiger partial charge < -0.3 is 10.1 Å². The predicted molar refractivity (Wildman–Crippen MR) is 104 cm³/mol. The zero-order valence-corrected chi connectivity index (χ0v) is 16.1. The topological polar surface area (TPSA) is 54.5 Å². The van der Waals surface area contributed by atoms with E-state index >= 15 is 0 Å². The summed E-state index contributed by atoms with van der Waals surface area (Å²) < 4.78 is 5.34. The normalized spacial score (nSPS) is 15.0. The summed E-state index contributed by atoms with van der Waals surface area (Å²) in [6.07, 6.45) is 1.73. The van der Waals surface area contributed by atoms with Crippen LogP contribution in [0, 0.1) is 13.8 Å². The van der Waals surface area contributed by atoms with Gasteiger partial charge in [0.1, 0.15) is 5.03 Å². The molecule has 1 saturated heterocycles. The molecule has 2 aromatic rings. The molecule has 3 rings (SSSR count). The first-order chi connectivity index (χ1) is 12.6. The van der Waals surface area contributed by atoms with E-state index in [2.05, 4.69) is 47.2 Å². The Bertz CT molecular complexity index is 760. The SMILES string of the molecule is Cc1ccc(Sc2ncccc2C(=O)NCCN2CCOCC2)cc1C. The third-order valence-corrected chi connectivity index (χ3v) is 5.53. The van der Waals surface area contributed by atoms with Gasteiger partial charge in [-0.2, -0.15) is 0 Å². The van der Waals surface area contributed by atoms with Gasteiger partial charge >= 0.3 is 0 Å². The van der Waals surface area contributed by atoms with Crippen LogP contribution in [0.15, 0.2) is 46.5 Å². The molecular weight excluding hydrogens is 346 g/mol. The number of aryl methyl sites for hydroxylation is 2. The Kier molecular flexibility index (Phi) is 6.66. The number of aromatic nitrogens is 1. The minimum atomic E-state index is -0.0716. The van der Waals surface area contributed by atoms with Crippen LogP contribution in [0.25, 0.3) is 0 Å². The lowest BCUT2D eigenvalue weighted by atomic mass is 10.1. The second kappa shape index (κ2) is 9.16. The highest BCUT2D eigenvalue weighted by atomic mass is 32.2. The minimum Gasteiger partial charge on any atom is -0.379 e. The number of benzene rings is 1. The number of hydrogen-bond acceptors (Lipinski definition) is 5. The Labute approximate surface area is 159 Å². The smallest absolute Gasteiger partial charge is 0.254 e. The maximum Gasteiger partial charge on any atom is 0.254 e. The van der Waals surface area contributed by atoms with Gasteiger partial charge in [0.05, 0.1) is 18.8 Å². The van der Waals surface area contributed by atoms with Gasteiger partial charge in [0.2, 0.25) is 0 Å². The van der Waals surface area contributed by atoms with Gasteiger partial charge in [-0.1, -0.05) is 17.8 Å². The summed E-state index contributed by atoms with van der Waals surface area (Å²) in [6.45, 7) is 9.05. The van der Waals surface area contributed by atoms with Crippen LogP contribution in [0.4, 0.5) is 0 Å². The van der Waals surface area contributed by atoms with Crippen molar-refractivity contribution in [2.24, 2.45) is 0 Å². The average molecular weight is 372 g/mol. The van der Waals surface area contributed by atoms with Crippen molar-refractivity contribution in [1.82, 2.24) is 15.2 Å². The Morgan fingerprint density at radius 3 is 2.81 bits per heavy atom. The standard InChI is InChI=1S/C20H25N3O2S/c1-15-5-6-17(14-16(15)2)26-20-18(4-3-7-22-20)19(24)21-8-9-23-10-12-25-13-11-23/h3-7,14H,8-13H2,1-2H3,(H,21,24). The van der Waals surface area contributed by atoms with E-state index in [9.17, 15) is 4.79 Å². The van der Waals surface area contributed by atoms with Crippen molar-refractivity contribution in [3.05, 3.63) is 53.2 Å². The van der Waals surface area contributed by atoms with Crippen LogP contribution in [0.2, 0.25) is 0 Å². The summed E-state index contributed by atoms with van der Waals surface area (Å²) >= 11 is 1.53. The number of carbonyl (C=O) groups is 1. The summed E-state index contributed by atoms with van der Waals surface area (Å²) in [4.78, 5) is 20.4. The van der Waals surface area contributed by atoms with E-state index in [1.165, 1.54) is 22.9 Å². The number of nitrogens with one attached hydrogen (secondary N) is 1. The van der Waals surface area contributed by atoms with Gasteiger partial charge in [0.25, 0.3) is 5.91 Å². The second-order valence-corrected chi connectivity index (χ2v) is 7.48. The maximum atomic E-state index is 12.6. The Morgan fingerprint density at radius 2 is 2.04 bits per heavy atom. The van der Waals surface area contributed by atoms with Crippen LogP contribution >= 0.6 is 11.8 Å². The average Bonchev–Trinajstić information content (AvgIpc) is 2.66. The van der Waals surface area contributed by atoms with Crippen LogP contribution in [-0.2, 0) is 4.74 Å². The number of morpholine rings is 1. The molecule has 138 valence electrons. The number of amides is 1. The highest BCUT2D eigenvalue weighted by Gasteiger charge is 2.15. The number of carbonyl (C=O) groups excluding carboxylic acids is 1. The third-order valence-electron chi connectivity index (χ3n) is 4.53. The van der Waals surface area contributed by atoms with Crippen LogP contribution in [0.1, 0.15) is 21.5 Å². The molecule has 1 aromatic carbocycles. The fourth-order valence-corrected chi connectivity index (χ4v) is 3.76. The highest BCUT2D eigenvalue weighted by molar-refractivity contribution is 7.99. The first kappa shape index (κ1) is 18.9. The van der Waals surface area contributed by atoms with Crippen LogP contribution in [0.5, 0.6) is 0 Å². The molecule has 6 heteroatoms. The molecule has 1 aliphatic rings. The van der Waals surface area contributed by atoms with E-state index in [0.29, 0.717) is 12.1 Å². The summed E-state index contributed by atoms with van der Waals surface area (Å²) in [6, 6.07) is 9.95. The van der Waals surface area contributed by atoms with E-state index in [4.69, 9.17) is 4.74 Å². The van der Waals surface area contributed by atoms with Crippen molar-refractivity contribution in [3.8, 4) is 0 Å². The summed E-state index contributed by atoms with van der Waals surface area (Å²) in [5.41, 5.74) is 3.12. The van der Waals surface area contributed by atoms with Crippen LogP contribution in [0.3, 0.4) is 0 Å². The maximum absolute atomic E-state index is 12.6. The number of nitrogens with zero attached hydrogens (tertiary/aromatic N) is 2. The lowest BCUT2D eigenvalue weighted by Gasteiger charge is -2.26. The number of pyridine rings is 1. The molecule has 0 unspecified atom stereocenters. The van der Waals surface area contributed by atoms with Gasteiger partial charge in [0, 0.05) is 37.3 Å². The molecule has 26 heavy (non-hydrogen) atoms. The molecule has 1 amide bonds. The molecule has 5 nitrogen and oxygen atoms in total. The van der Waals surface area contributed by atoms with Crippen molar-refractivity contribution >= 4 is 17.7 Å². The van der Waals surface area contributed by atoms with E-state index in [-0.39, 0.29) is 5.91 Å². The summed E-state index contributed by atoms with van der Waals surface area (Å²) in [7, 11) is 0. The molecule has 1 aromatic heterocycles. The molecular formula is C20H25N3O2S. The van der Waals surface area contributed by atoms with Gasteiger partial charge in [0.15, 0.2) is 0 Å². The second-order valence-electron chi connectivity index (χ2n) is 6.41. The molecule has 0 radical (unpaired) electrons. The predicted octanol–water partition coefficient (Wildman–Crippen LogP) is 2.91. The molecule has 0 spiro atoms. The lowest BCUT2D eigenvalue weighted by molar-refractivity contribution is 0.0383. The van der Waals surface area contributed by atoms with Crippen molar-refractivity contribution in [2.75, 3.05) is 39.4 Å². The first-order valence-electron chi connectivity index (χ1n) is 8.92. The van der Waals surface area contributed by atoms with Crippen molar-refractivity contribution < 1.29 is 9.53 Å². The van der Waals surface area contributed by atoms with Crippen LogP contribution in [-0.4, -0.2) is 55.2 Å². The molecule has 0 atom stereocenters. The van der Waals surface area contributed by atoms with Gasteiger partial charge in [-0.25, -0.2) is 4.98 Å². The summed E-state index contributed by atoms with van der Waals surface area (Å²) in [5.74, 6) is -0.0716. The number of rotatable bonds is 6.